The summed E-state index contributed by atoms with van der Waals surface area (Å²) in [6.45, 7) is 4.69. The van der Waals surface area contributed by atoms with Crippen molar-refractivity contribution in [3.05, 3.63) is 0 Å². The van der Waals surface area contributed by atoms with Crippen molar-refractivity contribution in [2.24, 2.45) is 11.7 Å². The molecule has 0 aromatic heterocycles. The van der Waals surface area contributed by atoms with E-state index >= 15 is 0 Å². The molecule has 2 aliphatic rings. The number of aliphatic hydroxyl groups excluding tert-OH is 1. The number of nitrogens with two attached hydrogens (primary N) is 1. The van der Waals surface area contributed by atoms with E-state index in [1.54, 1.807) is 0 Å². The van der Waals surface area contributed by atoms with Crippen LogP contribution in [-0.4, -0.2) is 61.8 Å². The van der Waals surface area contributed by atoms with Gasteiger partial charge in [0.1, 0.15) is 0 Å². The minimum atomic E-state index is -0.274. The van der Waals surface area contributed by atoms with Crippen LogP contribution in [0, 0.1) is 5.92 Å². The first kappa shape index (κ1) is 12.3. The van der Waals surface area contributed by atoms with E-state index in [4.69, 9.17) is 15.2 Å². The van der Waals surface area contributed by atoms with E-state index in [1.807, 2.05) is 0 Å². The molecular formula is C11H22N2O3. The lowest BCUT2D eigenvalue weighted by molar-refractivity contribution is -0.0574. The molecule has 2 saturated heterocycles. The highest BCUT2D eigenvalue weighted by Crippen LogP contribution is 2.18. The van der Waals surface area contributed by atoms with Gasteiger partial charge in [0.25, 0.3) is 0 Å². The summed E-state index contributed by atoms with van der Waals surface area (Å²) < 4.78 is 10.8. The lowest BCUT2D eigenvalue weighted by Gasteiger charge is -2.35. The number of piperidine rings is 1. The molecule has 0 bridgehead atoms. The molecular weight excluding hydrogens is 208 g/mol. The van der Waals surface area contributed by atoms with Crippen LogP contribution in [0.15, 0.2) is 0 Å². The van der Waals surface area contributed by atoms with Crippen molar-refractivity contribution in [3.8, 4) is 0 Å². The number of aliphatic hydroxyl groups is 1. The smallest absolute Gasteiger partial charge is 0.159 e. The molecule has 94 valence electrons. The average Bonchev–Trinajstić information content (AvgIpc) is 2.79. The van der Waals surface area contributed by atoms with Gasteiger partial charge < -0.3 is 25.2 Å². The topological polar surface area (TPSA) is 68.0 Å². The fraction of sp³-hybridized carbons (Fsp3) is 1.00. The predicted octanol–water partition coefficient (Wildman–Crippen LogP) is -0.609. The van der Waals surface area contributed by atoms with Gasteiger partial charge in [-0.2, -0.15) is 0 Å². The van der Waals surface area contributed by atoms with Gasteiger partial charge in [0, 0.05) is 19.5 Å². The van der Waals surface area contributed by atoms with Crippen LogP contribution in [0.5, 0.6) is 0 Å². The molecule has 2 aliphatic heterocycles. The zero-order valence-corrected chi connectivity index (χ0v) is 9.68. The molecule has 3 N–H and O–H groups in total. The third-order valence-electron chi connectivity index (χ3n) is 3.48. The van der Waals surface area contributed by atoms with Crippen LogP contribution in [0.25, 0.3) is 0 Å². The van der Waals surface area contributed by atoms with Gasteiger partial charge in [0.05, 0.1) is 19.3 Å². The molecule has 16 heavy (non-hydrogen) atoms. The van der Waals surface area contributed by atoms with E-state index in [9.17, 15) is 5.11 Å². The lowest BCUT2D eigenvalue weighted by atomic mass is 9.94. The van der Waals surface area contributed by atoms with Crippen LogP contribution in [0.2, 0.25) is 0 Å². The van der Waals surface area contributed by atoms with Crippen LogP contribution in [0.3, 0.4) is 0 Å². The Morgan fingerprint density at radius 3 is 2.69 bits per heavy atom. The molecule has 0 aliphatic carbocycles. The Hall–Kier alpha value is -0.200. The molecule has 1 unspecified atom stereocenters. The number of hydrogen-bond donors (Lipinski definition) is 2. The first-order chi connectivity index (χ1) is 7.79. The molecule has 2 atom stereocenters. The number of likely N-dealkylation sites (tertiary alicyclic amines) is 1. The number of β-amino-alcohol motifs (C(OH)–C–C–N with tert-alkyl or cyclic N) is 1. The van der Waals surface area contributed by atoms with Crippen molar-refractivity contribution < 1.29 is 14.6 Å². The Labute approximate surface area is 96.5 Å². The largest absolute Gasteiger partial charge is 0.391 e. The average molecular weight is 230 g/mol. The van der Waals surface area contributed by atoms with Crippen LogP contribution >= 0.6 is 0 Å². The standard InChI is InChI=1S/C11H22N2O3/c12-7-9-1-3-13(8-10(9)14)4-2-11-15-5-6-16-11/h9-11,14H,1-8,12H2/t9-,10?/m0/s1. The molecule has 2 fully saturated rings. The van der Waals surface area contributed by atoms with E-state index in [-0.39, 0.29) is 18.3 Å². The van der Waals surface area contributed by atoms with E-state index in [0.717, 1.165) is 32.5 Å². The number of ether oxygens (including phenoxy) is 2. The predicted molar refractivity (Wildman–Crippen MR) is 59.9 cm³/mol. The Kier molecular flexibility index (Phi) is 4.55. The van der Waals surface area contributed by atoms with E-state index in [0.29, 0.717) is 19.8 Å². The Morgan fingerprint density at radius 2 is 2.06 bits per heavy atom. The summed E-state index contributed by atoms with van der Waals surface area (Å²) >= 11 is 0. The van der Waals surface area contributed by atoms with Crippen molar-refractivity contribution >= 4 is 0 Å². The van der Waals surface area contributed by atoms with Crippen LogP contribution in [-0.2, 0) is 9.47 Å². The summed E-state index contributed by atoms with van der Waals surface area (Å²) in [6.07, 6.45) is 1.57. The molecule has 5 nitrogen and oxygen atoms in total. The first-order valence-electron chi connectivity index (χ1n) is 6.13. The molecule has 5 heteroatoms. The van der Waals surface area contributed by atoms with Crippen LogP contribution in [0.1, 0.15) is 12.8 Å². The van der Waals surface area contributed by atoms with Gasteiger partial charge in [0.15, 0.2) is 6.29 Å². The molecule has 2 heterocycles. The number of hydrogen-bond acceptors (Lipinski definition) is 5. The molecule has 0 amide bonds. The Morgan fingerprint density at radius 1 is 1.31 bits per heavy atom. The van der Waals surface area contributed by atoms with Gasteiger partial charge in [0.2, 0.25) is 0 Å². The van der Waals surface area contributed by atoms with Crippen molar-refractivity contribution in [2.75, 3.05) is 39.4 Å². The monoisotopic (exact) mass is 230 g/mol. The quantitative estimate of drug-likeness (QED) is 0.674. The van der Waals surface area contributed by atoms with Crippen LogP contribution in [0.4, 0.5) is 0 Å². The molecule has 0 aromatic rings. The maximum Gasteiger partial charge on any atom is 0.159 e. The van der Waals surface area contributed by atoms with Gasteiger partial charge in [-0.25, -0.2) is 0 Å². The van der Waals surface area contributed by atoms with Crippen molar-refractivity contribution in [2.45, 2.75) is 25.2 Å². The highest BCUT2D eigenvalue weighted by Gasteiger charge is 2.27. The fourth-order valence-corrected chi connectivity index (χ4v) is 2.39. The molecule has 0 aromatic carbocycles. The first-order valence-corrected chi connectivity index (χ1v) is 6.13. The second-order valence-electron chi connectivity index (χ2n) is 4.61. The summed E-state index contributed by atoms with van der Waals surface area (Å²) in [5, 5.41) is 9.85. The summed E-state index contributed by atoms with van der Waals surface area (Å²) in [5.41, 5.74) is 5.59. The number of nitrogens with zero attached hydrogens (tertiary/aromatic N) is 1. The minimum absolute atomic E-state index is 0.0376. The molecule has 0 radical (unpaired) electrons. The van der Waals surface area contributed by atoms with E-state index in [2.05, 4.69) is 4.90 Å². The summed E-state index contributed by atoms with van der Waals surface area (Å²) in [7, 11) is 0. The zero-order valence-electron chi connectivity index (χ0n) is 9.68. The minimum Gasteiger partial charge on any atom is -0.391 e. The van der Waals surface area contributed by atoms with Gasteiger partial charge in [-0.15, -0.1) is 0 Å². The maximum absolute atomic E-state index is 9.85. The van der Waals surface area contributed by atoms with E-state index in [1.165, 1.54) is 0 Å². The summed E-state index contributed by atoms with van der Waals surface area (Å²) in [6, 6.07) is 0. The van der Waals surface area contributed by atoms with E-state index < -0.39 is 0 Å². The Bertz CT molecular complexity index is 209. The maximum atomic E-state index is 9.85. The second-order valence-corrected chi connectivity index (χ2v) is 4.61. The highest BCUT2D eigenvalue weighted by atomic mass is 16.7. The van der Waals surface area contributed by atoms with Crippen molar-refractivity contribution in [3.63, 3.8) is 0 Å². The Balaban J connectivity index is 1.67. The van der Waals surface area contributed by atoms with Crippen molar-refractivity contribution in [1.29, 1.82) is 0 Å². The van der Waals surface area contributed by atoms with Crippen LogP contribution < -0.4 is 5.73 Å². The molecule has 2 rings (SSSR count). The summed E-state index contributed by atoms with van der Waals surface area (Å²) in [4.78, 5) is 2.27. The van der Waals surface area contributed by atoms with Gasteiger partial charge in [-0.05, 0) is 25.4 Å². The lowest BCUT2D eigenvalue weighted by Crippen LogP contribution is -2.46. The molecule has 0 saturated carbocycles. The highest BCUT2D eigenvalue weighted by molar-refractivity contribution is 4.80. The van der Waals surface area contributed by atoms with Gasteiger partial charge in [-0.3, -0.25) is 0 Å². The van der Waals surface area contributed by atoms with Crippen molar-refractivity contribution in [1.82, 2.24) is 4.90 Å². The summed E-state index contributed by atoms with van der Waals surface area (Å²) in [5.74, 6) is 0.273. The van der Waals surface area contributed by atoms with Gasteiger partial charge >= 0.3 is 0 Å². The second kappa shape index (κ2) is 5.93. The third-order valence-corrected chi connectivity index (χ3v) is 3.48. The third kappa shape index (κ3) is 3.15. The zero-order chi connectivity index (χ0) is 11.4. The molecule has 0 spiro atoms. The normalized spacial score (nSPS) is 33.4. The fourth-order valence-electron chi connectivity index (χ4n) is 2.39. The number of rotatable bonds is 4. The SMILES string of the molecule is NC[C@@H]1CCN(CCC2OCCO2)CC1O. The van der Waals surface area contributed by atoms with Gasteiger partial charge in [-0.1, -0.05) is 0 Å².